The Morgan fingerprint density at radius 1 is 1.00 bits per heavy atom. The van der Waals surface area contributed by atoms with Gasteiger partial charge in [0.1, 0.15) is 0 Å². The lowest BCUT2D eigenvalue weighted by molar-refractivity contribution is 0.531. The topological polar surface area (TPSA) is 15.3 Å². The van der Waals surface area contributed by atoms with Gasteiger partial charge in [0.2, 0.25) is 0 Å². The van der Waals surface area contributed by atoms with Crippen molar-refractivity contribution in [1.82, 2.24) is 5.32 Å². The molecule has 1 aromatic rings. The van der Waals surface area contributed by atoms with Crippen molar-refractivity contribution in [3.8, 4) is 0 Å². The summed E-state index contributed by atoms with van der Waals surface area (Å²) in [6.07, 6.45) is 7.92. The number of hydrogen-bond donors (Lipinski definition) is 1. The van der Waals surface area contributed by atoms with E-state index in [-0.39, 0.29) is 0 Å². The van der Waals surface area contributed by atoms with Crippen LogP contribution < -0.4 is 10.2 Å². The number of fused-ring (bicyclic) bond motifs is 1. The highest BCUT2D eigenvalue weighted by Gasteiger charge is 2.23. The molecule has 0 aliphatic carbocycles. The summed E-state index contributed by atoms with van der Waals surface area (Å²) in [5, 5.41) is 3.53. The summed E-state index contributed by atoms with van der Waals surface area (Å²) in [6.45, 7) is 3.64. The Labute approximate surface area is 110 Å². The van der Waals surface area contributed by atoms with Crippen LogP contribution >= 0.6 is 0 Å². The van der Waals surface area contributed by atoms with E-state index in [9.17, 15) is 0 Å². The maximum Gasteiger partial charge on any atom is 0.0401 e. The van der Waals surface area contributed by atoms with Gasteiger partial charge in [0, 0.05) is 18.3 Å². The van der Waals surface area contributed by atoms with Crippen LogP contribution in [0.1, 0.15) is 37.7 Å². The Morgan fingerprint density at radius 2 is 1.94 bits per heavy atom. The number of aryl methyl sites for hydroxylation is 1. The van der Waals surface area contributed by atoms with Crippen LogP contribution in [0.2, 0.25) is 0 Å². The molecule has 3 rings (SSSR count). The number of rotatable bonds is 1. The molecule has 1 N–H and O–H groups in total. The fourth-order valence-corrected chi connectivity index (χ4v) is 3.41. The molecule has 2 aliphatic heterocycles. The van der Waals surface area contributed by atoms with Gasteiger partial charge in [0.05, 0.1) is 0 Å². The molecule has 1 aromatic carbocycles. The van der Waals surface area contributed by atoms with E-state index >= 15 is 0 Å². The lowest BCUT2D eigenvalue weighted by atomic mass is 10.0. The molecule has 0 spiro atoms. The van der Waals surface area contributed by atoms with Gasteiger partial charge in [-0.05, 0) is 63.2 Å². The predicted octanol–water partition coefficient (Wildman–Crippen LogP) is 2.97. The third-order valence-electron chi connectivity index (χ3n) is 4.38. The minimum Gasteiger partial charge on any atom is -0.368 e. The Hall–Kier alpha value is -1.02. The molecule has 0 amide bonds. The largest absolute Gasteiger partial charge is 0.368 e. The zero-order valence-electron chi connectivity index (χ0n) is 11.2. The molecule has 0 radical (unpaired) electrons. The van der Waals surface area contributed by atoms with Crippen LogP contribution in [-0.4, -0.2) is 25.7 Å². The molecule has 98 valence electrons. The maximum absolute atomic E-state index is 3.53. The van der Waals surface area contributed by atoms with Gasteiger partial charge in [0.15, 0.2) is 0 Å². The second-order valence-corrected chi connectivity index (χ2v) is 5.61. The minimum atomic E-state index is 0.749. The van der Waals surface area contributed by atoms with Gasteiger partial charge >= 0.3 is 0 Å². The van der Waals surface area contributed by atoms with E-state index < -0.39 is 0 Å². The van der Waals surface area contributed by atoms with Crippen molar-refractivity contribution in [3.05, 3.63) is 29.8 Å². The van der Waals surface area contributed by atoms with Crippen molar-refractivity contribution in [2.24, 2.45) is 0 Å². The Balaban J connectivity index is 1.86. The molecule has 1 fully saturated rings. The molecule has 0 bridgehead atoms. The number of nitrogens with one attached hydrogen (secondary N) is 1. The summed E-state index contributed by atoms with van der Waals surface area (Å²) in [4.78, 5) is 2.70. The SMILES string of the molecule is c1ccc2c(c1)CCCCN2C1CCCNCC1. The Morgan fingerprint density at radius 3 is 2.94 bits per heavy atom. The van der Waals surface area contributed by atoms with E-state index in [0.29, 0.717) is 0 Å². The molecule has 0 saturated carbocycles. The second-order valence-electron chi connectivity index (χ2n) is 5.61. The van der Waals surface area contributed by atoms with E-state index in [2.05, 4.69) is 34.5 Å². The molecule has 0 aromatic heterocycles. The molecule has 1 saturated heterocycles. The molecule has 2 aliphatic rings. The van der Waals surface area contributed by atoms with Crippen molar-refractivity contribution in [3.63, 3.8) is 0 Å². The van der Waals surface area contributed by atoms with Crippen LogP contribution in [0, 0.1) is 0 Å². The third kappa shape index (κ3) is 2.54. The van der Waals surface area contributed by atoms with E-state index in [0.717, 1.165) is 6.04 Å². The van der Waals surface area contributed by atoms with Crippen LogP contribution in [0.25, 0.3) is 0 Å². The molecule has 2 nitrogen and oxygen atoms in total. The highest BCUT2D eigenvalue weighted by Crippen LogP contribution is 2.30. The Kier molecular flexibility index (Phi) is 3.84. The molecular formula is C16H24N2. The molecular weight excluding hydrogens is 220 g/mol. The molecule has 1 atom stereocenters. The average Bonchev–Trinajstić information content (AvgIpc) is 2.79. The summed E-state index contributed by atoms with van der Waals surface area (Å²) < 4.78 is 0. The number of nitrogens with zero attached hydrogens (tertiary/aromatic N) is 1. The number of hydrogen-bond acceptors (Lipinski definition) is 2. The van der Waals surface area contributed by atoms with Crippen LogP contribution in [-0.2, 0) is 6.42 Å². The van der Waals surface area contributed by atoms with Crippen LogP contribution in [0.5, 0.6) is 0 Å². The summed E-state index contributed by atoms with van der Waals surface area (Å²) in [5.41, 5.74) is 3.08. The van der Waals surface area contributed by atoms with Crippen LogP contribution in [0.3, 0.4) is 0 Å². The number of anilines is 1. The molecule has 18 heavy (non-hydrogen) atoms. The maximum atomic E-state index is 3.53. The highest BCUT2D eigenvalue weighted by atomic mass is 15.2. The van der Waals surface area contributed by atoms with Gasteiger partial charge in [-0.1, -0.05) is 18.2 Å². The van der Waals surface area contributed by atoms with E-state index in [1.165, 1.54) is 63.8 Å². The van der Waals surface area contributed by atoms with E-state index in [1.54, 1.807) is 5.56 Å². The van der Waals surface area contributed by atoms with Crippen LogP contribution in [0.4, 0.5) is 5.69 Å². The summed E-state index contributed by atoms with van der Waals surface area (Å²) in [7, 11) is 0. The van der Waals surface area contributed by atoms with Gasteiger partial charge in [-0.15, -0.1) is 0 Å². The summed E-state index contributed by atoms with van der Waals surface area (Å²) in [5.74, 6) is 0. The first-order valence-electron chi connectivity index (χ1n) is 7.50. The van der Waals surface area contributed by atoms with Crippen LogP contribution in [0.15, 0.2) is 24.3 Å². The van der Waals surface area contributed by atoms with Gasteiger partial charge < -0.3 is 10.2 Å². The monoisotopic (exact) mass is 244 g/mol. The molecule has 2 heterocycles. The smallest absolute Gasteiger partial charge is 0.0401 e. The minimum absolute atomic E-state index is 0.749. The standard InChI is InChI=1S/C16H24N2/c1-2-9-16-14(6-1)7-3-4-13-18(16)15-8-5-11-17-12-10-15/h1-2,6,9,15,17H,3-5,7-8,10-13H2. The van der Waals surface area contributed by atoms with Gasteiger partial charge in [-0.2, -0.15) is 0 Å². The highest BCUT2D eigenvalue weighted by molar-refractivity contribution is 5.55. The van der Waals surface area contributed by atoms with Crippen molar-refractivity contribution < 1.29 is 0 Å². The zero-order valence-corrected chi connectivity index (χ0v) is 11.2. The van der Waals surface area contributed by atoms with Gasteiger partial charge in [-0.3, -0.25) is 0 Å². The quantitative estimate of drug-likeness (QED) is 0.817. The second kappa shape index (κ2) is 5.75. The summed E-state index contributed by atoms with van der Waals surface area (Å²) in [6, 6.07) is 9.80. The van der Waals surface area contributed by atoms with Crippen molar-refractivity contribution >= 4 is 5.69 Å². The fourth-order valence-electron chi connectivity index (χ4n) is 3.41. The number of para-hydroxylation sites is 1. The van der Waals surface area contributed by atoms with Crippen molar-refractivity contribution in [2.75, 3.05) is 24.5 Å². The molecule has 1 unspecified atom stereocenters. The third-order valence-corrected chi connectivity index (χ3v) is 4.38. The van der Waals surface area contributed by atoms with Gasteiger partial charge in [0.25, 0.3) is 0 Å². The first kappa shape index (κ1) is 12.0. The van der Waals surface area contributed by atoms with E-state index in [1.807, 2.05) is 0 Å². The Bertz CT molecular complexity index is 380. The summed E-state index contributed by atoms with van der Waals surface area (Å²) >= 11 is 0. The predicted molar refractivity (Wildman–Crippen MR) is 77.2 cm³/mol. The van der Waals surface area contributed by atoms with Crippen molar-refractivity contribution in [1.29, 1.82) is 0 Å². The first-order valence-corrected chi connectivity index (χ1v) is 7.50. The first-order chi connectivity index (χ1) is 8.95. The normalized spacial score (nSPS) is 25.1. The lowest BCUT2D eigenvalue weighted by Gasteiger charge is -2.33. The number of benzene rings is 1. The van der Waals surface area contributed by atoms with Crippen molar-refractivity contribution in [2.45, 2.75) is 44.6 Å². The average molecular weight is 244 g/mol. The van der Waals surface area contributed by atoms with E-state index in [4.69, 9.17) is 0 Å². The van der Waals surface area contributed by atoms with Gasteiger partial charge in [-0.25, -0.2) is 0 Å². The lowest BCUT2D eigenvalue weighted by Crippen LogP contribution is -2.36. The zero-order chi connectivity index (χ0) is 12.2. The molecule has 2 heteroatoms. The fraction of sp³-hybridized carbons (Fsp3) is 0.625.